The van der Waals surface area contributed by atoms with Crippen LogP contribution in [-0.4, -0.2) is 0 Å². The molecule has 0 bridgehead atoms. The first-order chi connectivity index (χ1) is 1.00. The summed E-state index contributed by atoms with van der Waals surface area (Å²) in [6.07, 6.45) is 0. The Bertz CT molecular complexity index is 8.00. The molecule has 0 heterocycles. The van der Waals surface area contributed by atoms with Crippen molar-refractivity contribution in [1.29, 1.82) is 0 Å². The number of rotatable bonds is 0. The van der Waals surface area contributed by atoms with Crippen LogP contribution >= 0.6 is 0 Å². The average molecular weight is 386 g/mol. The van der Waals surface area contributed by atoms with E-state index in [-0.39, 0.29) is 114 Å². The minimum Gasteiger partial charge on any atom is 0 e. The van der Waals surface area contributed by atoms with Crippen molar-refractivity contribution in [2.24, 2.45) is 0 Å². The summed E-state index contributed by atoms with van der Waals surface area (Å²) in [7, 11) is 0. The molecule has 0 amide bonds. The zero-order valence-electron chi connectivity index (χ0n) is 2.06. The first kappa shape index (κ1) is 15.6. The third kappa shape index (κ3) is 9.17. The summed E-state index contributed by atoms with van der Waals surface area (Å²) in [4.78, 5) is 0. The van der Waals surface area contributed by atoms with Gasteiger partial charge < -0.3 is 0 Å². The van der Waals surface area contributed by atoms with Crippen molar-refractivity contribution < 1.29 is 115 Å². The van der Waals surface area contributed by atoms with Gasteiger partial charge in [-0.15, -0.1) is 0 Å². The van der Waals surface area contributed by atoms with Crippen LogP contribution in [0.5, 0.6) is 0 Å². The predicted octanol–water partition coefficient (Wildman–Crippen LogP) is -0.121. The first-order valence-corrected chi connectivity index (χ1v) is 1.49. The molecule has 0 aromatic heterocycles. The summed E-state index contributed by atoms with van der Waals surface area (Å²) in [6, 6.07) is 0. The largest absolute Gasteiger partial charge is 0 e. The van der Waals surface area contributed by atoms with E-state index in [2.05, 4.69) is 0 Å². The van der Waals surface area contributed by atoms with Crippen LogP contribution in [-0.2, 0) is 33.6 Å². The maximum Gasteiger partial charge on any atom is 0 e. The molecule has 4 heteroatoms. The first-order valence-electron chi connectivity index (χ1n) is 0.204. The van der Waals surface area contributed by atoms with Crippen LogP contribution in [0, 0.1) is 81.1 Å². The van der Waals surface area contributed by atoms with Gasteiger partial charge in [-0.25, -0.2) is 0 Å². The van der Waals surface area contributed by atoms with Gasteiger partial charge in [0.15, 0.2) is 0 Å². The molecular weight excluding hydrogens is 386 g/mol. The Morgan fingerprint density at radius 2 is 1.25 bits per heavy atom. The molecule has 0 aliphatic rings. The van der Waals surface area contributed by atoms with Crippen LogP contribution in [0.3, 0.4) is 0 Å². The molecule has 1 nitrogen and oxygen atoms in total. The Kier molecular flexibility index (Phi) is 62.3. The average Bonchev–Trinajstić information content (AvgIpc) is 1.00. The van der Waals surface area contributed by atoms with Crippen molar-refractivity contribution in [1.82, 2.24) is 0 Å². The maximum atomic E-state index is 8.39. The molecule has 0 aliphatic carbocycles. The van der Waals surface area contributed by atoms with Crippen LogP contribution in [0.15, 0.2) is 0 Å². The van der Waals surface area contributed by atoms with Crippen molar-refractivity contribution in [3.05, 3.63) is 0 Å². The Hall–Kier alpha value is 3.64. The van der Waals surface area contributed by atoms with E-state index in [1.54, 1.807) is 0 Å². The molecule has 0 fully saturated rings. The summed E-state index contributed by atoms with van der Waals surface area (Å²) < 4.78 is 8.39. The zero-order valence-corrected chi connectivity index (χ0v) is 11.7. The molecule has 0 atom stereocenters. The van der Waals surface area contributed by atoms with Gasteiger partial charge >= 0.3 is 40.7 Å². The van der Waals surface area contributed by atoms with Gasteiger partial charge in [0.1, 0.15) is 0 Å². The smallest absolute Gasteiger partial charge is 0 e. The van der Waals surface area contributed by atoms with E-state index < -0.39 is 0 Å². The van der Waals surface area contributed by atoms with E-state index in [4.69, 9.17) is 0.938 Å². The Balaban J connectivity index is -0.00000000500. The molecule has 0 spiro atoms. The van der Waals surface area contributed by atoms with E-state index in [0.717, 1.165) is 0 Å². The van der Waals surface area contributed by atoms with Gasteiger partial charge in [-0.1, -0.05) is 0 Å². The van der Waals surface area contributed by atoms with Crippen molar-refractivity contribution in [3.63, 3.8) is 0 Å². The van der Waals surface area contributed by atoms with Crippen LogP contribution in [0.1, 0.15) is 0 Å². The fourth-order valence-electron chi connectivity index (χ4n) is 0. The third-order valence-corrected chi connectivity index (χ3v) is 0. The molecular formula is CeOPrY. The molecule has 0 rings (SSSR count). The van der Waals surface area contributed by atoms with Gasteiger partial charge in [0.2, 0.25) is 0 Å². The molecule has 0 N–H and O–H groups in total. The maximum absolute atomic E-state index is 8.39. The monoisotopic (exact) mass is 386 g/mol. The summed E-state index contributed by atoms with van der Waals surface area (Å²) in [5.74, 6) is 0. The van der Waals surface area contributed by atoms with Crippen LogP contribution in [0.25, 0.3) is 0 Å². The van der Waals surface area contributed by atoms with Crippen molar-refractivity contribution in [3.8, 4) is 0 Å². The normalized spacial score (nSPS) is 0.750. The number of hydrogen-bond acceptors (Lipinski definition) is 1. The molecule has 0 aromatic carbocycles. The van der Waals surface area contributed by atoms with E-state index in [9.17, 15) is 0 Å². The van der Waals surface area contributed by atoms with Gasteiger partial charge in [-0.2, -0.15) is 0 Å². The molecule has 0 unspecified atom stereocenters. The van der Waals surface area contributed by atoms with Crippen LogP contribution < -0.4 is 0 Å². The second-order valence-corrected chi connectivity index (χ2v) is 0. The summed E-state index contributed by atoms with van der Waals surface area (Å²) in [6.45, 7) is 0. The van der Waals surface area contributed by atoms with Gasteiger partial charge in [0, 0.05) is 74.0 Å². The topological polar surface area (TPSA) is 17.1 Å². The van der Waals surface area contributed by atoms with Gasteiger partial charge in [-0.05, 0) is 0 Å². The van der Waals surface area contributed by atoms with Crippen molar-refractivity contribution >= 4 is 0 Å². The Morgan fingerprint density at radius 3 is 1.25 bits per heavy atom. The molecule has 2 radical (unpaired) electrons. The quantitative estimate of drug-likeness (QED) is 0.568. The van der Waals surface area contributed by atoms with Gasteiger partial charge in [-0.3, -0.25) is 0 Å². The van der Waals surface area contributed by atoms with E-state index in [0.29, 0.717) is 0 Å². The minimum absolute atomic E-state index is 0. The van der Waals surface area contributed by atoms with Crippen LogP contribution in [0.2, 0.25) is 0 Å². The molecule has 0 aliphatic heterocycles. The van der Waals surface area contributed by atoms with Crippen LogP contribution in [0.4, 0.5) is 0 Å². The Labute approximate surface area is 111 Å². The molecule has 0 saturated heterocycles. The second kappa shape index (κ2) is 15.9. The second-order valence-electron chi connectivity index (χ2n) is 0. The van der Waals surface area contributed by atoms with E-state index in [1.165, 1.54) is 0 Å². The minimum atomic E-state index is 0. The molecule has 0 aromatic rings. The fourth-order valence-corrected chi connectivity index (χ4v) is 0. The van der Waals surface area contributed by atoms with Crippen molar-refractivity contribution in [2.45, 2.75) is 0 Å². The predicted molar refractivity (Wildman–Crippen MR) is 0.686 cm³/mol. The summed E-state index contributed by atoms with van der Waals surface area (Å²) in [5, 5.41) is 0. The van der Waals surface area contributed by atoms with Gasteiger partial charge in [0.25, 0.3) is 0 Å². The molecule has 4 heavy (non-hydrogen) atoms. The summed E-state index contributed by atoms with van der Waals surface area (Å²) in [5.41, 5.74) is 0. The fraction of sp³-hybridized carbons (Fsp3) is 0. The SMILES string of the molecule is [O]=[Ce].[Pr].[Y]. The standard InChI is InChI=1S/Ce.O.Pr.Y. The van der Waals surface area contributed by atoms with E-state index in [1.807, 2.05) is 0 Å². The molecule has 16 valence electrons. The number of hydrogen-bond donors (Lipinski definition) is 0. The summed E-state index contributed by atoms with van der Waals surface area (Å²) >= 11 is 0.0556. The van der Waals surface area contributed by atoms with Crippen molar-refractivity contribution in [2.75, 3.05) is 0 Å². The van der Waals surface area contributed by atoms with Gasteiger partial charge in [0.05, 0.1) is 0 Å². The third-order valence-electron chi connectivity index (χ3n) is 0. The zero-order chi connectivity index (χ0) is 2.00. The Morgan fingerprint density at radius 1 is 1.25 bits per heavy atom. The molecule has 0 saturated carbocycles. The van der Waals surface area contributed by atoms with E-state index >= 15 is 0 Å².